The highest BCUT2D eigenvalue weighted by atomic mass is 32.2. The summed E-state index contributed by atoms with van der Waals surface area (Å²) in [6.45, 7) is 4.61. The summed E-state index contributed by atoms with van der Waals surface area (Å²) in [6, 6.07) is 0. The lowest BCUT2D eigenvalue weighted by Crippen LogP contribution is -2.20. The Labute approximate surface area is 70.3 Å². The maximum atomic E-state index is 10.5. The molecule has 11 heavy (non-hydrogen) atoms. The molecule has 0 aliphatic carbocycles. The van der Waals surface area contributed by atoms with Gasteiger partial charge in [0.15, 0.2) is 0 Å². The maximum absolute atomic E-state index is 10.5. The summed E-state index contributed by atoms with van der Waals surface area (Å²) in [7, 11) is 0.944. The molecule has 0 bridgehead atoms. The van der Waals surface area contributed by atoms with Crippen molar-refractivity contribution < 1.29 is 8.42 Å². The standard InChI is InChI=1S/C5H13NO2S.C2H6/c1-6(2)4-5-9(3,7)8;1-2/h4-5H2,1-3H3;1-2H3. The van der Waals surface area contributed by atoms with Crippen molar-refractivity contribution >= 4 is 9.84 Å². The van der Waals surface area contributed by atoms with E-state index in [0.717, 1.165) is 0 Å². The molecule has 0 aromatic carbocycles. The fourth-order valence-electron chi connectivity index (χ4n) is 0.348. The van der Waals surface area contributed by atoms with Crippen LogP contribution in [0.25, 0.3) is 0 Å². The summed E-state index contributed by atoms with van der Waals surface area (Å²) < 4.78 is 21.0. The first-order valence-corrected chi connectivity index (χ1v) is 5.80. The van der Waals surface area contributed by atoms with Crippen LogP contribution in [-0.2, 0) is 9.84 Å². The van der Waals surface area contributed by atoms with Gasteiger partial charge < -0.3 is 4.90 Å². The monoisotopic (exact) mass is 181 g/mol. The Morgan fingerprint density at radius 2 is 1.55 bits per heavy atom. The van der Waals surface area contributed by atoms with Gasteiger partial charge in [-0.05, 0) is 14.1 Å². The van der Waals surface area contributed by atoms with Crippen LogP contribution in [0, 0.1) is 0 Å². The van der Waals surface area contributed by atoms with Gasteiger partial charge in [0.2, 0.25) is 0 Å². The molecule has 0 aromatic heterocycles. The Kier molecular flexibility index (Phi) is 8.11. The van der Waals surface area contributed by atoms with Gasteiger partial charge in [-0.1, -0.05) is 13.8 Å². The van der Waals surface area contributed by atoms with Gasteiger partial charge in [-0.25, -0.2) is 8.42 Å². The second-order valence-electron chi connectivity index (χ2n) is 2.43. The number of hydrogen-bond acceptors (Lipinski definition) is 3. The van der Waals surface area contributed by atoms with Gasteiger partial charge >= 0.3 is 0 Å². The number of nitrogens with zero attached hydrogens (tertiary/aromatic N) is 1. The molecule has 0 saturated heterocycles. The molecule has 0 atom stereocenters. The van der Waals surface area contributed by atoms with Crippen molar-refractivity contribution in [1.82, 2.24) is 4.90 Å². The van der Waals surface area contributed by atoms with Crippen LogP contribution in [0.5, 0.6) is 0 Å². The molecule has 0 N–H and O–H groups in total. The lowest BCUT2D eigenvalue weighted by atomic mass is 10.7. The second-order valence-corrected chi connectivity index (χ2v) is 4.69. The largest absolute Gasteiger partial charge is 0.308 e. The van der Waals surface area contributed by atoms with E-state index >= 15 is 0 Å². The van der Waals surface area contributed by atoms with E-state index in [2.05, 4.69) is 0 Å². The van der Waals surface area contributed by atoms with Gasteiger partial charge in [-0.2, -0.15) is 0 Å². The van der Waals surface area contributed by atoms with Gasteiger partial charge in [0, 0.05) is 12.8 Å². The molecule has 0 radical (unpaired) electrons. The Bertz CT molecular complexity index is 161. The summed E-state index contributed by atoms with van der Waals surface area (Å²) in [5.74, 6) is 0.250. The molecule has 0 aliphatic rings. The van der Waals surface area contributed by atoms with E-state index in [9.17, 15) is 8.42 Å². The highest BCUT2D eigenvalue weighted by Crippen LogP contribution is 1.82. The first kappa shape index (κ1) is 13.5. The minimum absolute atomic E-state index is 0.250. The zero-order chi connectivity index (χ0) is 9.49. The smallest absolute Gasteiger partial charge is 0.148 e. The van der Waals surface area contributed by atoms with Gasteiger partial charge in [0.25, 0.3) is 0 Å². The van der Waals surface area contributed by atoms with E-state index < -0.39 is 9.84 Å². The van der Waals surface area contributed by atoms with Crippen molar-refractivity contribution in [3.8, 4) is 0 Å². The predicted octanol–water partition coefficient (Wildman–Crippen LogP) is 0.619. The van der Waals surface area contributed by atoms with Crippen LogP contribution in [0.2, 0.25) is 0 Å². The molecule has 0 heterocycles. The predicted molar refractivity (Wildman–Crippen MR) is 49.6 cm³/mol. The Morgan fingerprint density at radius 1 is 1.18 bits per heavy atom. The third-order valence-electron chi connectivity index (χ3n) is 0.909. The van der Waals surface area contributed by atoms with Gasteiger partial charge in [-0.3, -0.25) is 0 Å². The number of rotatable bonds is 3. The summed E-state index contributed by atoms with van der Waals surface area (Å²) in [5, 5.41) is 0. The molecule has 0 aromatic rings. The molecule has 0 aliphatic heterocycles. The molecule has 0 amide bonds. The third kappa shape index (κ3) is 17.8. The van der Waals surface area contributed by atoms with Gasteiger partial charge in [0.1, 0.15) is 9.84 Å². The quantitative estimate of drug-likeness (QED) is 0.640. The lowest BCUT2D eigenvalue weighted by Gasteiger charge is -2.06. The number of sulfone groups is 1. The van der Waals surface area contributed by atoms with E-state index in [4.69, 9.17) is 0 Å². The molecule has 4 heteroatoms. The summed E-state index contributed by atoms with van der Waals surface area (Å²) in [5.41, 5.74) is 0. The minimum Gasteiger partial charge on any atom is -0.308 e. The molecule has 0 spiro atoms. The van der Waals surface area contributed by atoms with Gasteiger partial charge in [0.05, 0.1) is 5.75 Å². The summed E-state index contributed by atoms with van der Waals surface area (Å²) >= 11 is 0. The second kappa shape index (κ2) is 6.61. The number of hydrogen-bond donors (Lipinski definition) is 0. The van der Waals surface area contributed by atoms with Crippen LogP contribution < -0.4 is 0 Å². The highest BCUT2D eigenvalue weighted by molar-refractivity contribution is 7.90. The van der Waals surface area contributed by atoms with Crippen molar-refractivity contribution in [1.29, 1.82) is 0 Å². The van der Waals surface area contributed by atoms with Crippen LogP contribution in [0.1, 0.15) is 13.8 Å². The normalized spacial score (nSPS) is 10.7. The molecule has 0 fully saturated rings. The molecule has 0 unspecified atom stereocenters. The van der Waals surface area contributed by atoms with Crippen molar-refractivity contribution in [2.24, 2.45) is 0 Å². The average molecular weight is 181 g/mol. The molecular formula is C7H19NO2S. The fraction of sp³-hybridized carbons (Fsp3) is 1.00. The summed E-state index contributed by atoms with van der Waals surface area (Å²) in [6.07, 6.45) is 1.25. The molecule has 3 nitrogen and oxygen atoms in total. The van der Waals surface area contributed by atoms with E-state index in [1.807, 2.05) is 32.8 Å². The third-order valence-corrected chi connectivity index (χ3v) is 1.83. The summed E-state index contributed by atoms with van der Waals surface area (Å²) in [4.78, 5) is 1.85. The zero-order valence-corrected chi connectivity index (χ0v) is 8.90. The van der Waals surface area contributed by atoms with Crippen molar-refractivity contribution in [2.75, 3.05) is 32.6 Å². The van der Waals surface area contributed by atoms with Crippen molar-refractivity contribution in [3.05, 3.63) is 0 Å². The molecule has 70 valence electrons. The fourth-order valence-corrected chi connectivity index (χ4v) is 1.05. The topological polar surface area (TPSA) is 37.4 Å². The Hall–Kier alpha value is -0.0900. The van der Waals surface area contributed by atoms with Crippen LogP contribution >= 0.6 is 0 Å². The van der Waals surface area contributed by atoms with E-state index in [0.29, 0.717) is 6.54 Å². The maximum Gasteiger partial charge on any atom is 0.148 e. The Morgan fingerprint density at radius 3 is 1.64 bits per heavy atom. The van der Waals surface area contributed by atoms with Gasteiger partial charge in [-0.15, -0.1) is 0 Å². The van der Waals surface area contributed by atoms with Crippen molar-refractivity contribution in [3.63, 3.8) is 0 Å². The van der Waals surface area contributed by atoms with Crippen LogP contribution in [0.4, 0.5) is 0 Å². The lowest BCUT2D eigenvalue weighted by molar-refractivity contribution is 0.432. The first-order chi connectivity index (χ1) is 4.92. The first-order valence-electron chi connectivity index (χ1n) is 3.74. The zero-order valence-electron chi connectivity index (χ0n) is 8.09. The van der Waals surface area contributed by atoms with Crippen LogP contribution in [-0.4, -0.2) is 46.0 Å². The van der Waals surface area contributed by atoms with Crippen LogP contribution in [0.15, 0.2) is 0 Å². The molecular weight excluding hydrogens is 162 g/mol. The van der Waals surface area contributed by atoms with Crippen LogP contribution in [0.3, 0.4) is 0 Å². The van der Waals surface area contributed by atoms with E-state index in [1.54, 1.807) is 0 Å². The average Bonchev–Trinajstić information content (AvgIpc) is 1.87. The SMILES string of the molecule is CC.CN(C)CCS(C)(=O)=O. The van der Waals surface area contributed by atoms with E-state index in [1.165, 1.54) is 6.26 Å². The highest BCUT2D eigenvalue weighted by Gasteiger charge is 2.00. The molecule has 0 saturated carbocycles. The Balaban J connectivity index is 0. The van der Waals surface area contributed by atoms with E-state index in [-0.39, 0.29) is 5.75 Å². The van der Waals surface area contributed by atoms with Crippen molar-refractivity contribution in [2.45, 2.75) is 13.8 Å². The minimum atomic E-state index is -2.76. The molecule has 0 rings (SSSR count).